The number of aryl methyl sites for hydroxylation is 1. The molecule has 0 bridgehead atoms. The molecule has 1 aromatic rings. The van der Waals surface area contributed by atoms with Gasteiger partial charge in [-0.15, -0.1) is 11.3 Å². The van der Waals surface area contributed by atoms with Crippen molar-refractivity contribution in [1.29, 1.82) is 0 Å². The summed E-state index contributed by atoms with van der Waals surface area (Å²) in [5.41, 5.74) is 2.39. The maximum Gasteiger partial charge on any atom is 0.343 e. The third-order valence-corrected chi connectivity index (χ3v) is 3.17. The summed E-state index contributed by atoms with van der Waals surface area (Å²) in [7, 11) is 0. The van der Waals surface area contributed by atoms with E-state index in [9.17, 15) is 14.4 Å². The van der Waals surface area contributed by atoms with Crippen molar-refractivity contribution in [2.24, 2.45) is 0 Å². The van der Waals surface area contributed by atoms with Crippen molar-refractivity contribution in [3.8, 4) is 0 Å². The van der Waals surface area contributed by atoms with Crippen LogP contribution in [0.5, 0.6) is 0 Å². The van der Waals surface area contributed by atoms with Crippen LogP contribution in [0.1, 0.15) is 11.3 Å². The number of amides is 4. The van der Waals surface area contributed by atoms with E-state index in [4.69, 9.17) is 0 Å². The molecule has 0 atom stereocenters. The van der Waals surface area contributed by atoms with Crippen LogP contribution >= 0.6 is 11.3 Å². The molecule has 1 aromatic heterocycles. The first kappa shape index (κ1) is 11.6. The van der Waals surface area contributed by atoms with E-state index in [1.54, 1.807) is 11.3 Å². The van der Waals surface area contributed by atoms with Crippen molar-refractivity contribution in [3.63, 3.8) is 0 Å². The molecule has 17 heavy (non-hydrogen) atoms. The van der Waals surface area contributed by atoms with Gasteiger partial charge in [-0.3, -0.25) is 20.3 Å². The van der Waals surface area contributed by atoms with E-state index in [0.717, 1.165) is 9.89 Å². The van der Waals surface area contributed by atoms with Gasteiger partial charge in [0.1, 0.15) is 6.54 Å². The van der Waals surface area contributed by atoms with Crippen LogP contribution in [0.4, 0.5) is 4.79 Å². The average Bonchev–Trinajstić information content (AvgIpc) is 2.87. The van der Waals surface area contributed by atoms with Gasteiger partial charge in [-0.1, -0.05) is 6.07 Å². The van der Waals surface area contributed by atoms with Gasteiger partial charge in [-0.25, -0.2) is 9.80 Å². The Balaban J connectivity index is 1.78. The average molecular weight is 253 g/mol. The number of rotatable bonds is 4. The highest BCUT2D eigenvalue weighted by atomic mass is 32.1. The predicted molar refractivity (Wildman–Crippen MR) is 61.0 cm³/mol. The van der Waals surface area contributed by atoms with Gasteiger partial charge in [-0.2, -0.15) is 0 Å². The summed E-state index contributed by atoms with van der Waals surface area (Å²) in [5.74, 6) is -0.684. The minimum Gasteiger partial charge on any atom is -0.275 e. The van der Waals surface area contributed by atoms with Crippen LogP contribution in [0.2, 0.25) is 0 Å². The highest BCUT2D eigenvalue weighted by Gasteiger charge is 2.27. The van der Waals surface area contributed by atoms with Gasteiger partial charge in [0, 0.05) is 11.3 Å². The number of hydrogen-bond acceptors (Lipinski definition) is 4. The molecule has 1 fully saturated rings. The van der Waals surface area contributed by atoms with Crippen molar-refractivity contribution >= 4 is 29.2 Å². The molecule has 0 unspecified atom stereocenters. The number of nitrogens with zero attached hydrogens (tertiary/aromatic N) is 1. The molecule has 0 aliphatic carbocycles. The number of imide groups is 1. The molecule has 0 saturated carbocycles. The summed E-state index contributed by atoms with van der Waals surface area (Å²) in [6.45, 7) is -0.121. The summed E-state index contributed by atoms with van der Waals surface area (Å²) in [6.07, 6.45) is 0.922. The fraction of sp³-hybridized carbons (Fsp3) is 0.300. The second kappa shape index (κ2) is 4.96. The Morgan fingerprint density at radius 2 is 2.35 bits per heavy atom. The number of urea groups is 1. The quantitative estimate of drug-likeness (QED) is 0.756. The van der Waals surface area contributed by atoms with Crippen LogP contribution in [0.15, 0.2) is 17.5 Å². The summed E-state index contributed by atoms with van der Waals surface area (Å²) < 4.78 is 0. The van der Waals surface area contributed by atoms with E-state index in [1.807, 2.05) is 17.5 Å². The largest absolute Gasteiger partial charge is 0.343 e. The maximum absolute atomic E-state index is 11.5. The van der Waals surface area contributed by atoms with E-state index in [-0.39, 0.29) is 12.5 Å². The van der Waals surface area contributed by atoms with E-state index < -0.39 is 11.9 Å². The third kappa shape index (κ3) is 3.04. The third-order valence-electron chi connectivity index (χ3n) is 2.23. The molecule has 1 aliphatic heterocycles. The minimum absolute atomic E-state index is 0.121. The number of nitrogens with one attached hydrogen (secondary N) is 2. The monoisotopic (exact) mass is 253 g/mol. The molecule has 2 heterocycles. The standard InChI is InChI=1S/C10H11N3O3S/c14-8(4-3-7-2-1-5-17-7)12-13-6-9(15)11-10(13)16/h1-2,5H,3-4,6H2,(H,12,14)(H,11,15,16). The van der Waals surface area contributed by atoms with Gasteiger partial charge in [-0.05, 0) is 17.9 Å². The lowest BCUT2D eigenvalue weighted by Crippen LogP contribution is -2.44. The number of carbonyl (C=O) groups is 3. The summed E-state index contributed by atoms with van der Waals surface area (Å²) in [6, 6.07) is 3.29. The number of hydrazine groups is 1. The zero-order chi connectivity index (χ0) is 12.3. The first-order valence-corrected chi connectivity index (χ1v) is 5.96. The Morgan fingerprint density at radius 3 is 2.94 bits per heavy atom. The van der Waals surface area contributed by atoms with Gasteiger partial charge in [0.05, 0.1) is 0 Å². The summed E-state index contributed by atoms with van der Waals surface area (Å²) in [5, 5.41) is 5.01. The van der Waals surface area contributed by atoms with Gasteiger partial charge in [0.2, 0.25) is 11.8 Å². The van der Waals surface area contributed by atoms with E-state index in [1.165, 1.54) is 0 Å². The minimum atomic E-state index is -0.584. The molecule has 4 amide bonds. The Hall–Kier alpha value is -1.89. The highest BCUT2D eigenvalue weighted by Crippen LogP contribution is 2.10. The zero-order valence-corrected chi connectivity index (χ0v) is 9.75. The number of hydrogen-bond donors (Lipinski definition) is 2. The number of thiophene rings is 1. The first-order valence-electron chi connectivity index (χ1n) is 5.08. The lowest BCUT2D eigenvalue weighted by molar-refractivity contribution is -0.125. The Labute approximate surface area is 102 Å². The van der Waals surface area contributed by atoms with Crippen molar-refractivity contribution in [1.82, 2.24) is 15.8 Å². The molecule has 1 aliphatic rings. The molecule has 0 aromatic carbocycles. The molecular weight excluding hydrogens is 242 g/mol. The van der Waals surface area contributed by atoms with Crippen LogP contribution in [-0.2, 0) is 16.0 Å². The molecule has 90 valence electrons. The lowest BCUT2D eigenvalue weighted by Gasteiger charge is -2.13. The Bertz CT molecular complexity index is 444. The smallest absolute Gasteiger partial charge is 0.275 e. The van der Waals surface area contributed by atoms with Gasteiger partial charge < -0.3 is 0 Å². The van der Waals surface area contributed by atoms with Crippen molar-refractivity contribution < 1.29 is 14.4 Å². The van der Waals surface area contributed by atoms with E-state index >= 15 is 0 Å². The van der Waals surface area contributed by atoms with Crippen LogP contribution in [0.3, 0.4) is 0 Å². The number of carbonyl (C=O) groups excluding carboxylic acids is 3. The predicted octanol–water partition coefficient (Wildman–Crippen LogP) is 0.264. The van der Waals surface area contributed by atoms with Crippen molar-refractivity contribution in [2.75, 3.05) is 6.54 Å². The Kier molecular flexibility index (Phi) is 3.38. The van der Waals surface area contributed by atoms with Crippen molar-refractivity contribution in [3.05, 3.63) is 22.4 Å². The van der Waals surface area contributed by atoms with Gasteiger partial charge in [0.25, 0.3) is 0 Å². The van der Waals surface area contributed by atoms with Crippen LogP contribution < -0.4 is 10.7 Å². The van der Waals surface area contributed by atoms with E-state index in [2.05, 4.69) is 10.7 Å². The summed E-state index contributed by atoms with van der Waals surface area (Å²) in [4.78, 5) is 34.6. The highest BCUT2D eigenvalue weighted by molar-refractivity contribution is 7.09. The topological polar surface area (TPSA) is 78.5 Å². The molecule has 1 saturated heterocycles. The van der Waals surface area contributed by atoms with Gasteiger partial charge in [0.15, 0.2) is 0 Å². The SMILES string of the molecule is O=C1CN(NC(=O)CCc2cccs2)C(=O)N1. The summed E-state index contributed by atoms with van der Waals surface area (Å²) >= 11 is 1.58. The van der Waals surface area contributed by atoms with E-state index in [0.29, 0.717) is 12.8 Å². The second-order valence-corrected chi connectivity index (χ2v) is 4.59. The lowest BCUT2D eigenvalue weighted by atomic mass is 10.2. The maximum atomic E-state index is 11.5. The van der Waals surface area contributed by atoms with Gasteiger partial charge >= 0.3 is 6.03 Å². The molecule has 2 rings (SSSR count). The second-order valence-electron chi connectivity index (χ2n) is 3.55. The molecule has 7 heteroatoms. The fourth-order valence-corrected chi connectivity index (χ4v) is 2.14. The molecule has 2 N–H and O–H groups in total. The first-order chi connectivity index (χ1) is 8.15. The zero-order valence-electron chi connectivity index (χ0n) is 8.93. The molecule has 0 spiro atoms. The van der Waals surface area contributed by atoms with Crippen LogP contribution in [0, 0.1) is 0 Å². The molecule has 6 nitrogen and oxygen atoms in total. The van der Waals surface area contributed by atoms with Crippen LogP contribution in [0.25, 0.3) is 0 Å². The van der Waals surface area contributed by atoms with Crippen molar-refractivity contribution in [2.45, 2.75) is 12.8 Å². The fourth-order valence-electron chi connectivity index (χ4n) is 1.43. The Morgan fingerprint density at radius 1 is 1.53 bits per heavy atom. The van der Waals surface area contributed by atoms with Crippen LogP contribution in [-0.4, -0.2) is 29.4 Å². The normalized spacial score (nSPS) is 14.9. The molecule has 0 radical (unpaired) electrons. The molecular formula is C10H11N3O3S.